The van der Waals surface area contributed by atoms with Gasteiger partial charge in [-0.3, -0.25) is 0 Å². The van der Waals surface area contributed by atoms with Crippen molar-refractivity contribution < 1.29 is 5.11 Å². The van der Waals surface area contributed by atoms with Crippen molar-refractivity contribution in [1.82, 2.24) is 9.61 Å². The molecule has 1 saturated carbocycles. The highest BCUT2D eigenvalue weighted by atomic mass is 16.3. The minimum absolute atomic E-state index is 0.258. The summed E-state index contributed by atoms with van der Waals surface area (Å²) in [7, 11) is 0. The van der Waals surface area contributed by atoms with E-state index in [1.54, 1.807) is 6.20 Å². The molecule has 7 heteroatoms. The Kier molecular flexibility index (Phi) is 4.83. The molecular formula is C25H26N6O. The molecule has 7 nitrogen and oxygen atoms in total. The summed E-state index contributed by atoms with van der Waals surface area (Å²) in [5.74, 6) is 0.323. The largest absolute Gasteiger partial charge is 0.390 e. The van der Waals surface area contributed by atoms with Crippen LogP contribution in [0.4, 0.5) is 5.69 Å². The van der Waals surface area contributed by atoms with Crippen LogP contribution in [0, 0.1) is 17.2 Å². The zero-order chi connectivity index (χ0) is 22.5. The van der Waals surface area contributed by atoms with Crippen LogP contribution in [0.25, 0.3) is 16.8 Å². The van der Waals surface area contributed by atoms with Crippen molar-refractivity contribution in [2.24, 2.45) is 16.1 Å². The van der Waals surface area contributed by atoms with Crippen molar-refractivity contribution >= 4 is 22.6 Å². The number of benzene rings is 1. The van der Waals surface area contributed by atoms with E-state index in [0.29, 0.717) is 11.5 Å². The summed E-state index contributed by atoms with van der Waals surface area (Å²) in [6.45, 7) is 6.11. The number of nitrogens with one attached hydrogen (secondary N) is 1. The average molecular weight is 427 g/mol. The van der Waals surface area contributed by atoms with Gasteiger partial charge in [0.05, 0.1) is 34.3 Å². The number of nitrogens with zero attached hydrogens (tertiary/aromatic N) is 5. The molecule has 1 fully saturated rings. The Balaban J connectivity index is 1.45. The van der Waals surface area contributed by atoms with Crippen molar-refractivity contribution in [1.29, 1.82) is 5.26 Å². The standard InChI is InChI=1S/C25H26N6O/c1-15(2)28-22-9-17(24-7-5-19-8-16(13-26)14-27-31(19)24)4-6-20(22)23-10-21(29-30-23)18-11-25(3,32)12-18/h4-9,14-15,18,28,32H,10-12H2,1-3H3. The third-order valence-corrected chi connectivity index (χ3v) is 6.19. The fraction of sp³-hybridized carbons (Fsp3) is 0.360. The molecule has 0 unspecified atom stereocenters. The lowest BCUT2D eigenvalue weighted by Crippen LogP contribution is -2.44. The molecule has 2 N–H and O–H groups in total. The van der Waals surface area contributed by atoms with E-state index in [4.69, 9.17) is 5.26 Å². The molecule has 0 spiro atoms. The number of fused-ring (bicyclic) bond motifs is 1. The second-order valence-corrected chi connectivity index (χ2v) is 9.39. The minimum Gasteiger partial charge on any atom is -0.390 e. The Morgan fingerprint density at radius 1 is 1.19 bits per heavy atom. The normalized spacial score (nSPS) is 22.4. The maximum atomic E-state index is 10.1. The Labute approximate surface area is 187 Å². The molecule has 5 rings (SSSR count). The molecule has 0 saturated heterocycles. The summed E-state index contributed by atoms with van der Waals surface area (Å²) in [5.41, 5.74) is 6.95. The van der Waals surface area contributed by atoms with Gasteiger partial charge >= 0.3 is 0 Å². The quantitative estimate of drug-likeness (QED) is 0.632. The third-order valence-electron chi connectivity index (χ3n) is 6.19. The fourth-order valence-corrected chi connectivity index (χ4v) is 4.64. The molecule has 0 radical (unpaired) electrons. The Bertz CT molecular complexity index is 1300. The topological polar surface area (TPSA) is 98.1 Å². The van der Waals surface area contributed by atoms with Gasteiger partial charge in [-0.15, -0.1) is 0 Å². The second-order valence-electron chi connectivity index (χ2n) is 9.39. The van der Waals surface area contributed by atoms with Crippen LogP contribution >= 0.6 is 0 Å². The zero-order valence-corrected chi connectivity index (χ0v) is 18.5. The van der Waals surface area contributed by atoms with Crippen LogP contribution in [-0.4, -0.2) is 37.8 Å². The van der Waals surface area contributed by atoms with Crippen molar-refractivity contribution in [2.45, 2.75) is 51.7 Å². The molecule has 162 valence electrons. The van der Waals surface area contributed by atoms with Crippen LogP contribution in [0.15, 0.2) is 52.8 Å². The number of anilines is 1. The van der Waals surface area contributed by atoms with E-state index in [9.17, 15) is 5.11 Å². The minimum atomic E-state index is -0.566. The number of aliphatic hydroxyl groups is 1. The number of nitriles is 1. The molecule has 32 heavy (non-hydrogen) atoms. The summed E-state index contributed by atoms with van der Waals surface area (Å²) in [4.78, 5) is 0. The summed E-state index contributed by atoms with van der Waals surface area (Å²) in [6.07, 6.45) is 3.82. The molecule has 3 heterocycles. The van der Waals surface area contributed by atoms with E-state index >= 15 is 0 Å². The number of hydrogen-bond donors (Lipinski definition) is 2. The maximum absolute atomic E-state index is 10.1. The highest BCUT2D eigenvalue weighted by Crippen LogP contribution is 2.40. The van der Waals surface area contributed by atoms with Crippen LogP contribution in [-0.2, 0) is 0 Å². The summed E-state index contributed by atoms with van der Waals surface area (Å²) < 4.78 is 1.85. The fourth-order valence-electron chi connectivity index (χ4n) is 4.64. The monoisotopic (exact) mass is 426 g/mol. The molecule has 1 aliphatic heterocycles. The average Bonchev–Trinajstić information content (AvgIpc) is 3.38. The van der Waals surface area contributed by atoms with Gasteiger partial charge in [-0.2, -0.15) is 20.6 Å². The highest BCUT2D eigenvalue weighted by Gasteiger charge is 2.42. The van der Waals surface area contributed by atoms with Gasteiger partial charge in [-0.05, 0) is 57.9 Å². The SMILES string of the molecule is CC(C)Nc1cc(-c2ccc3cc(C#N)cnn23)ccc1C1=NN=C(C2CC(C)(O)C2)C1. The number of rotatable bonds is 5. The van der Waals surface area contributed by atoms with E-state index in [1.165, 1.54) is 0 Å². The van der Waals surface area contributed by atoms with Crippen molar-refractivity contribution in [3.8, 4) is 17.3 Å². The van der Waals surface area contributed by atoms with Gasteiger partial charge < -0.3 is 10.4 Å². The molecule has 2 aromatic heterocycles. The Morgan fingerprint density at radius 2 is 2.00 bits per heavy atom. The van der Waals surface area contributed by atoms with E-state index in [0.717, 1.165) is 58.7 Å². The smallest absolute Gasteiger partial charge is 0.101 e. The summed E-state index contributed by atoms with van der Waals surface area (Å²) in [5, 5.41) is 36.2. The lowest BCUT2D eigenvalue weighted by Gasteiger charge is -2.40. The van der Waals surface area contributed by atoms with Crippen LogP contribution in [0.3, 0.4) is 0 Å². The van der Waals surface area contributed by atoms with Gasteiger partial charge in [-0.1, -0.05) is 12.1 Å². The molecular weight excluding hydrogens is 400 g/mol. The Hall–Kier alpha value is -3.50. The molecule has 0 bridgehead atoms. The predicted octanol–water partition coefficient (Wildman–Crippen LogP) is 4.40. The lowest BCUT2D eigenvalue weighted by molar-refractivity contribution is -0.0359. The van der Waals surface area contributed by atoms with Gasteiger partial charge in [0, 0.05) is 40.9 Å². The van der Waals surface area contributed by atoms with E-state index in [1.807, 2.05) is 29.6 Å². The predicted molar refractivity (Wildman–Crippen MR) is 126 cm³/mol. The first-order valence-electron chi connectivity index (χ1n) is 11.0. The first-order valence-corrected chi connectivity index (χ1v) is 11.0. The maximum Gasteiger partial charge on any atom is 0.101 e. The van der Waals surface area contributed by atoms with Gasteiger partial charge in [0.15, 0.2) is 0 Å². The highest BCUT2D eigenvalue weighted by molar-refractivity contribution is 6.18. The van der Waals surface area contributed by atoms with Crippen LogP contribution in [0.1, 0.15) is 51.2 Å². The Morgan fingerprint density at radius 3 is 2.72 bits per heavy atom. The van der Waals surface area contributed by atoms with Gasteiger partial charge in [0.25, 0.3) is 0 Å². The molecule has 3 aromatic rings. The van der Waals surface area contributed by atoms with Crippen LogP contribution in [0.5, 0.6) is 0 Å². The van der Waals surface area contributed by atoms with Crippen molar-refractivity contribution in [3.05, 3.63) is 53.7 Å². The molecule has 1 aliphatic carbocycles. The first kappa shape index (κ1) is 20.4. The summed E-state index contributed by atoms with van der Waals surface area (Å²) >= 11 is 0. The van der Waals surface area contributed by atoms with E-state index in [-0.39, 0.29) is 6.04 Å². The van der Waals surface area contributed by atoms with Gasteiger partial charge in [0.2, 0.25) is 0 Å². The van der Waals surface area contributed by atoms with Crippen LogP contribution in [0.2, 0.25) is 0 Å². The van der Waals surface area contributed by atoms with Crippen LogP contribution < -0.4 is 5.32 Å². The number of hydrogen-bond acceptors (Lipinski definition) is 6. The molecule has 2 aliphatic rings. The molecule has 0 amide bonds. The summed E-state index contributed by atoms with van der Waals surface area (Å²) in [6, 6.07) is 14.5. The third kappa shape index (κ3) is 3.67. The zero-order valence-electron chi connectivity index (χ0n) is 18.5. The van der Waals surface area contributed by atoms with Gasteiger partial charge in [-0.25, -0.2) is 4.52 Å². The molecule has 1 aromatic carbocycles. The number of aromatic nitrogens is 2. The van der Waals surface area contributed by atoms with Gasteiger partial charge in [0.1, 0.15) is 6.07 Å². The second kappa shape index (κ2) is 7.57. The first-order chi connectivity index (χ1) is 15.3. The molecule has 0 atom stereocenters. The van der Waals surface area contributed by atoms with E-state index < -0.39 is 5.60 Å². The van der Waals surface area contributed by atoms with E-state index in [2.05, 4.69) is 58.7 Å². The van der Waals surface area contributed by atoms with Crippen molar-refractivity contribution in [3.63, 3.8) is 0 Å². The van der Waals surface area contributed by atoms with Crippen molar-refractivity contribution in [2.75, 3.05) is 5.32 Å². The lowest BCUT2D eigenvalue weighted by atomic mass is 9.69.